The zero-order chi connectivity index (χ0) is 11.4. The third kappa shape index (κ3) is 3.19. The lowest BCUT2D eigenvalue weighted by Crippen LogP contribution is -2.49. The predicted octanol–water partition coefficient (Wildman–Crippen LogP) is 1.63. The Morgan fingerprint density at radius 2 is 2.00 bits per heavy atom. The molecular formula is C13H26N2O. The molecule has 0 aromatic carbocycles. The van der Waals surface area contributed by atoms with Gasteiger partial charge in [0.2, 0.25) is 0 Å². The van der Waals surface area contributed by atoms with Gasteiger partial charge in [0.25, 0.3) is 0 Å². The van der Waals surface area contributed by atoms with Crippen molar-refractivity contribution < 1.29 is 4.74 Å². The second-order valence-corrected chi connectivity index (χ2v) is 5.25. The maximum Gasteiger partial charge on any atom is 0.0604 e. The molecule has 2 aliphatic rings. The zero-order valence-corrected chi connectivity index (χ0v) is 10.7. The summed E-state index contributed by atoms with van der Waals surface area (Å²) in [6.45, 7) is 9.03. The fourth-order valence-corrected chi connectivity index (χ4v) is 2.75. The lowest BCUT2D eigenvalue weighted by Gasteiger charge is -2.37. The van der Waals surface area contributed by atoms with Gasteiger partial charge in [0.15, 0.2) is 0 Å². The van der Waals surface area contributed by atoms with Gasteiger partial charge >= 0.3 is 0 Å². The topological polar surface area (TPSA) is 24.5 Å². The van der Waals surface area contributed by atoms with Crippen LogP contribution < -0.4 is 5.32 Å². The van der Waals surface area contributed by atoms with Crippen molar-refractivity contribution in [1.29, 1.82) is 0 Å². The van der Waals surface area contributed by atoms with Crippen molar-refractivity contribution in [1.82, 2.24) is 10.2 Å². The highest BCUT2D eigenvalue weighted by Crippen LogP contribution is 2.23. The van der Waals surface area contributed by atoms with Crippen molar-refractivity contribution in [3.8, 4) is 0 Å². The van der Waals surface area contributed by atoms with E-state index in [2.05, 4.69) is 24.1 Å². The summed E-state index contributed by atoms with van der Waals surface area (Å²) < 4.78 is 5.56. The van der Waals surface area contributed by atoms with Gasteiger partial charge in [-0.3, -0.25) is 4.90 Å². The summed E-state index contributed by atoms with van der Waals surface area (Å²) in [6, 6.07) is 1.41. The first-order chi connectivity index (χ1) is 7.79. The smallest absolute Gasteiger partial charge is 0.0604 e. The van der Waals surface area contributed by atoms with Crippen LogP contribution >= 0.6 is 0 Å². The lowest BCUT2D eigenvalue weighted by molar-refractivity contribution is -0.0109. The Morgan fingerprint density at radius 1 is 1.31 bits per heavy atom. The fraction of sp³-hybridized carbons (Fsp3) is 1.00. The standard InChI is InChI=1S/C13H26N2O/c1-3-16-13-8-12(9-13)14-10-11(2)15-6-4-5-7-15/h11-14H,3-10H2,1-2H3. The van der Waals surface area contributed by atoms with Crippen molar-refractivity contribution in [3.05, 3.63) is 0 Å². The number of nitrogens with zero attached hydrogens (tertiary/aromatic N) is 1. The van der Waals surface area contributed by atoms with Crippen LogP contribution in [0.25, 0.3) is 0 Å². The van der Waals surface area contributed by atoms with Crippen LogP contribution in [0.1, 0.15) is 39.5 Å². The van der Waals surface area contributed by atoms with Gasteiger partial charge in [-0.2, -0.15) is 0 Å². The maximum absolute atomic E-state index is 5.56. The summed E-state index contributed by atoms with van der Waals surface area (Å²) in [6.07, 6.45) is 5.73. The molecule has 1 N–H and O–H groups in total. The first kappa shape index (κ1) is 12.3. The van der Waals surface area contributed by atoms with Gasteiger partial charge in [0.05, 0.1) is 6.10 Å². The Morgan fingerprint density at radius 3 is 2.62 bits per heavy atom. The van der Waals surface area contributed by atoms with Gasteiger partial charge in [0, 0.05) is 25.2 Å². The van der Waals surface area contributed by atoms with Crippen LogP contribution in [0.4, 0.5) is 0 Å². The number of nitrogens with one attached hydrogen (secondary N) is 1. The molecule has 3 nitrogen and oxygen atoms in total. The predicted molar refractivity (Wildman–Crippen MR) is 66.7 cm³/mol. The summed E-state index contributed by atoms with van der Waals surface area (Å²) in [5.74, 6) is 0. The van der Waals surface area contributed by atoms with E-state index in [9.17, 15) is 0 Å². The van der Waals surface area contributed by atoms with Crippen LogP contribution in [0, 0.1) is 0 Å². The molecule has 2 rings (SSSR count). The fourth-order valence-electron chi connectivity index (χ4n) is 2.75. The summed E-state index contributed by atoms with van der Waals surface area (Å²) in [5.41, 5.74) is 0. The van der Waals surface area contributed by atoms with E-state index < -0.39 is 0 Å². The number of rotatable bonds is 6. The minimum absolute atomic E-state index is 0.532. The molecule has 1 heterocycles. The Hall–Kier alpha value is -0.120. The van der Waals surface area contributed by atoms with Crippen molar-refractivity contribution >= 4 is 0 Å². The Labute approximate surface area is 99.5 Å². The molecule has 1 saturated carbocycles. The highest BCUT2D eigenvalue weighted by Gasteiger charge is 2.29. The molecule has 1 aliphatic heterocycles. The number of hydrogen-bond acceptors (Lipinski definition) is 3. The van der Waals surface area contributed by atoms with Crippen LogP contribution in [0.5, 0.6) is 0 Å². The molecule has 0 aromatic heterocycles. The highest BCUT2D eigenvalue weighted by atomic mass is 16.5. The van der Waals surface area contributed by atoms with E-state index >= 15 is 0 Å². The highest BCUT2D eigenvalue weighted by molar-refractivity contribution is 4.87. The molecular weight excluding hydrogens is 200 g/mol. The van der Waals surface area contributed by atoms with Crippen molar-refractivity contribution in [3.63, 3.8) is 0 Å². The van der Waals surface area contributed by atoms with Crippen molar-refractivity contribution in [2.75, 3.05) is 26.2 Å². The summed E-state index contributed by atoms with van der Waals surface area (Å²) in [5, 5.41) is 3.66. The Balaban J connectivity index is 1.54. The summed E-state index contributed by atoms with van der Waals surface area (Å²) in [7, 11) is 0. The van der Waals surface area contributed by atoms with E-state index in [4.69, 9.17) is 4.74 Å². The van der Waals surface area contributed by atoms with Gasteiger partial charge in [-0.1, -0.05) is 0 Å². The molecule has 1 aliphatic carbocycles. The van der Waals surface area contributed by atoms with Crippen LogP contribution in [0.15, 0.2) is 0 Å². The first-order valence-electron chi connectivity index (χ1n) is 6.88. The van der Waals surface area contributed by atoms with Gasteiger partial charge in [-0.25, -0.2) is 0 Å². The monoisotopic (exact) mass is 226 g/mol. The van der Waals surface area contributed by atoms with E-state index in [0.29, 0.717) is 18.2 Å². The maximum atomic E-state index is 5.56. The number of ether oxygens (including phenoxy) is 1. The van der Waals surface area contributed by atoms with Crippen LogP contribution in [0.2, 0.25) is 0 Å². The van der Waals surface area contributed by atoms with Crippen LogP contribution in [-0.2, 0) is 4.74 Å². The molecule has 16 heavy (non-hydrogen) atoms. The molecule has 1 unspecified atom stereocenters. The first-order valence-corrected chi connectivity index (χ1v) is 6.88. The minimum atomic E-state index is 0.532. The van der Waals surface area contributed by atoms with Crippen LogP contribution in [-0.4, -0.2) is 49.3 Å². The van der Waals surface area contributed by atoms with E-state index in [1.165, 1.54) is 38.8 Å². The van der Waals surface area contributed by atoms with E-state index in [0.717, 1.165) is 13.2 Å². The van der Waals surface area contributed by atoms with E-state index in [-0.39, 0.29) is 0 Å². The third-order valence-electron chi connectivity index (χ3n) is 3.96. The molecule has 0 amide bonds. The van der Waals surface area contributed by atoms with Gasteiger partial charge < -0.3 is 10.1 Å². The lowest BCUT2D eigenvalue weighted by atomic mass is 9.89. The van der Waals surface area contributed by atoms with Crippen molar-refractivity contribution in [2.24, 2.45) is 0 Å². The van der Waals surface area contributed by atoms with Gasteiger partial charge in [-0.15, -0.1) is 0 Å². The molecule has 0 aromatic rings. The molecule has 0 radical (unpaired) electrons. The average molecular weight is 226 g/mol. The zero-order valence-electron chi connectivity index (χ0n) is 10.7. The normalized spacial score (nSPS) is 32.6. The second kappa shape index (κ2) is 5.99. The molecule has 94 valence electrons. The second-order valence-electron chi connectivity index (χ2n) is 5.25. The van der Waals surface area contributed by atoms with Crippen LogP contribution in [0.3, 0.4) is 0 Å². The van der Waals surface area contributed by atoms with E-state index in [1.54, 1.807) is 0 Å². The number of hydrogen-bond donors (Lipinski definition) is 1. The number of likely N-dealkylation sites (tertiary alicyclic amines) is 1. The molecule has 1 saturated heterocycles. The molecule has 3 heteroatoms. The van der Waals surface area contributed by atoms with E-state index in [1.807, 2.05) is 0 Å². The largest absolute Gasteiger partial charge is 0.378 e. The molecule has 2 fully saturated rings. The average Bonchev–Trinajstić information content (AvgIpc) is 2.74. The molecule has 0 bridgehead atoms. The summed E-state index contributed by atoms with van der Waals surface area (Å²) >= 11 is 0. The Kier molecular flexibility index (Phi) is 4.62. The molecule has 1 atom stereocenters. The van der Waals surface area contributed by atoms with Crippen molar-refractivity contribution in [2.45, 2.75) is 57.7 Å². The minimum Gasteiger partial charge on any atom is -0.378 e. The summed E-state index contributed by atoms with van der Waals surface area (Å²) in [4.78, 5) is 2.60. The van der Waals surface area contributed by atoms with Gasteiger partial charge in [0.1, 0.15) is 0 Å². The third-order valence-corrected chi connectivity index (χ3v) is 3.96. The van der Waals surface area contributed by atoms with Gasteiger partial charge in [-0.05, 0) is 52.6 Å². The quantitative estimate of drug-likeness (QED) is 0.745. The molecule has 0 spiro atoms. The SMILES string of the molecule is CCOC1CC(NCC(C)N2CCCC2)C1. The Bertz CT molecular complexity index is 198.